The Hall–Kier alpha value is -0.970. The number of rotatable bonds is 3. The van der Waals surface area contributed by atoms with Gasteiger partial charge in [-0.3, -0.25) is 0 Å². The Kier molecular flexibility index (Phi) is 4.19. The van der Waals surface area contributed by atoms with Crippen LogP contribution in [0.3, 0.4) is 0 Å². The topological polar surface area (TPSA) is 92.6 Å². The Balaban J connectivity index is 2.18. The standard InChI is InChI=1S/C10H18N4O4S2/c1-12-8-10(11-9-12)20(17,18)14-5-3-4-13(6-7-14)19(2,15)16/h8-9H,3-7H2,1-2H3. The second-order valence-corrected chi connectivity index (χ2v) is 8.66. The second-order valence-electron chi connectivity index (χ2n) is 4.80. The summed E-state index contributed by atoms with van der Waals surface area (Å²) in [7, 11) is -5.25. The van der Waals surface area contributed by atoms with Gasteiger partial charge in [0.25, 0.3) is 10.0 Å². The van der Waals surface area contributed by atoms with E-state index in [-0.39, 0.29) is 18.1 Å². The number of hydrogen-bond donors (Lipinski definition) is 0. The minimum Gasteiger partial charge on any atom is -0.339 e. The zero-order chi connectivity index (χ0) is 15.0. The number of aromatic nitrogens is 2. The van der Waals surface area contributed by atoms with Gasteiger partial charge in [-0.2, -0.15) is 4.31 Å². The maximum absolute atomic E-state index is 12.4. The molecule has 2 rings (SSSR count). The molecular weight excluding hydrogens is 304 g/mol. The van der Waals surface area contributed by atoms with E-state index in [1.54, 1.807) is 11.6 Å². The number of sulfonamides is 2. The van der Waals surface area contributed by atoms with Gasteiger partial charge in [-0.05, 0) is 6.42 Å². The van der Waals surface area contributed by atoms with Gasteiger partial charge in [-0.15, -0.1) is 0 Å². The fraction of sp³-hybridized carbons (Fsp3) is 0.700. The molecule has 1 saturated heterocycles. The molecule has 0 radical (unpaired) electrons. The summed E-state index contributed by atoms with van der Waals surface area (Å²) in [5.41, 5.74) is 0. The van der Waals surface area contributed by atoms with Crippen molar-refractivity contribution in [3.8, 4) is 0 Å². The highest BCUT2D eigenvalue weighted by Crippen LogP contribution is 2.16. The quantitative estimate of drug-likeness (QED) is 0.717. The van der Waals surface area contributed by atoms with Gasteiger partial charge in [0.1, 0.15) is 0 Å². The third kappa shape index (κ3) is 3.19. The first kappa shape index (κ1) is 15.4. The van der Waals surface area contributed by atoms with Crippen molar-refractivity contribution in [3.63, 3.8) is 0 Å². The van der Waals surface area contributed by atoms with Gasteiger partial charge in [-0.1, -0.05) is 0 Å². The average Bonchev–Trinajstić information content (AvgIpc) is 2.63. The Bertz CT molecular complexity index is 680. The molecule has 0 unspecified atom stereocenters. The van der Waals surface area contributed by atoms with Crippen LogP contribution in [-0.2, 0) is 27.1 Å². The summed E-state index contributed by atoms with van der Waals surface area (Å²) < 4.78 is 52.0. The van der Waals surface area contributed by atoms with E-state index >= 15 is 0 Å². The summed E-state index contributed by atoms with van der Waals surface area (Å²) >= 11 is 0. The van der Waals surface area contributed by atoms with Crippen LogP contribution in [0.4, 0.5) is 0 Å². The molecule has 20 heavy (non-hydrogen) atoms. The fourth-order valence-corrected chi connectivity index (χ4v) is 4.41. The van der Waals surface area contributed by atoms with Crippen molar-refractivity contribution in [1.29, 1.82) is 0 Å². The highest BCUT2D eigenvalue weighted by molar-refractivity contribution is 7.89. The molecule has 0 saturated carbocycles. The molecule has 114 valence electrons. The Morgan fingerprint density at radius 2 is 1.65 bits per heavy atom. The van der Waals surface area contributed by atoms with Gasteiger partial charge in [-0.25, -0.2) is 26.1 Å². The van der Waals surface area contributed by atoms with Crippen molar-refractivity contribution in [1.82, 2.24) is 18.2 Å². The molecule has 1 aliphatic heterocycles. The number of imidazole rings is 1. The predicted octanol–water partition coefficient (Wildman–Crippen LogP) is -0.924. The summed E-state index contributed by atoms with van der Waals surface area (Å²) in [5, 5.41) is -0.00666. The normalized spacial score (nSPS) is 19.9. The van der Waals surface area contributed by atoms with Crippen LogP contribution >= 0.6 is 0 Å². The van der Waals surface area contributed by atoms with Crippen molar-refractivity contribution < 1.29 is 16.8 Å². The van der Waals surface area contributed by atoms with Crippen LogP contribution in [0, 0.1) is 0 Å². The number of aryl methyl sites for hydroxylation is 1. The van der Waals surface area contributed by atoms with E-state index in [1.807, 2.05) is 0 Å². The predicted molar refractivity (Wildman–Crippen MR) is 73.0 cm³/mol. The minimum absolute atomic E-state index is 0.00666. The van der Waals surface area contributed by atoms with Gasteiger partial charge >= 0.3 is 0 Å². The third-order valence-electron chi connectivity index (χ3n) is 3.17. The van der Waals surface area contributed by atoms with Crippen molar-refractivity contribution >= 4 is 20.0 Å². The van der Waals surface area contributed by atoms with Crippen LogP contribution in [0.5, 0.6) is 0 Å². The smallest absolute Gasteiger partial charge is 0.262 e. The fourth-order valence-electron chi connectivity index (χ4n) is 2.10. The summed E-state index contributed by atoms with van der Waals surface area (Å²) in [6, 6.07) is 0. The monoisotopic (exact) mass is 322 g/mol. The van der Waals surface area contributed by atoms with Crippen LogP contribution in [0.1, 0.15) is 6.42 Å². The molecule has 2 heterocycles. The molecule has 0 atom stereocenters. The molecule has 0 amide bonds. The Labute approximate surface area is 119 Å². The highest BCUT2D eigenvalue weighted by atomic mass is 32.2. The molecule has 0 spiro atoms. The molecule has 1 aromatic rings. The molecule has 0 aliphatic carbocycles. The highest BCUT2D eigenvalue weighted by Gasteiger charge is 2.30. The van der Waals surface area contributed by atoms with Crippen molar-refractivity contribution in [2.75, 3.05) is 32.4 Å². The molecular formula is C10H18N4O4S2. The molecule has 0 N–H and O–H groups in total. The van der Waals surface area contributed by atoms with Crippen LogP contribution in [0.25, 0.3) is 0 Å². The lowest BCUT2D eigenvalue weighted by Crippen LogP contribution is -2.37. The van der Waals surface area contributed by atoms with Crippen LogP contribution in [-0.4, -0.2) is 67.4 Å². The van der Waals surface area contributed by atoms with E-state index in [9.17, 15) is 16.8 Å². The van der Waals surface area contributed by atoms with Crippen LogP contribution < -0.4 is 0 Å². The number of nitrogens with zero attached hydrogens (tertiary/aromatic N) is 4. The van der Waals surface area contributed by atoms with Crippen molar-refractivity contribution in [3.05, 3.63) is 12.5 Å². The van der Waals surface area contributed by atoms with Crippen LogP contribution in [0.2, 0.25) is 0 Å². The van der Waals surface area contributed by atoms with Crippen molar-refractivity contribution in [2.45, 2.75) is 11.4 Å². The second kappa shape index (κ2) is 5.43. The van der Waals surface area contributed by atoms with Gasteiger partial charge in [0.15, 0.2) is 5.03 Å². The van der Waals surface area contributed by atoms with Crippen molar-refractivity contribution in [2.24, 2.45) is 7.05 Å². The first-order valence-electron chi connectivity index (χ1n) is 6.14. The number of hydrogen-bond acceptors (Lipinski definition) is 5. The maximum Gasteiger partial charge on any atom is 0.262 e. The lowest BCUT2D eigenvalue weighted by Gasteiger charge is -2.19. The van der Waals surface area contributed by atoms with Crippen LogP contribution in [0.15, 0.2) is 17.6 Å². The summed E-state index contributed by atoms with van der Waals surface area (Å²) in [6.07, 6.45) is 4.47. The first-order valence-corrected chi connectivity index (χ1v) is 9.43. The first-order chi connectivity index (χ1) is 9.21. The van der Waals surface area contributed by atoms with E-state index in [4.69, 9.17) is 0 Å². The van der Waals surface area contributed by atoms with Gasteiger partial charge < -0.3 is 4.57 Å². The Morgan fingerprint density at radius 1 is 1.05 bits per heavy atom. The summed E-state index contributed by atoms with van der Waals surface area (Å²) in [6.45, 7) is 0.953. The van der Waals surface area contributed by atoms with Gasteiger partial charge in [0.05, 0.1) is 12.6 Å². The zero-order valence-electron chi connectivity index (χ0n) is 11.4. The lowest BCUT2D eigenvalue weighted by molar-refractivity contribution is 0.405. The van der Waals surface area contributed by atoms with Gasteiger partial charge in [0, 0.05) is 39.4 Å². The molecule has 0 bridgehead atoms. The van der Waals surface area contributed by atoms with E-state index in [0.717, 1.165) is 6.26 Å². The van der Waals surface area contributed by atoms with E-state index in [0.29, 0.717) is 19.5 Å². The molecule has 1 fully saturated rings. The minimum atomic E-state index is -3.65. The summed E-state index contributed by atoms with van der Waals surface area (Å²) in [5.74, 6) is 0. The Morgan fingerprint density at radius 3 is 2.20 bits per heavy atom. The molecule has 0 aromatic carbocycles. The largest absolute Gasteiger partial charge is 0.339 e. The molecule has 1 aromatic heterocycles. The SMILES string of the molecule is Cn1cnc(S(=O)(=O)N2CCCN(S(C)(=O)=O)CC2)c1. The molecule has 1 aliphatic rings. The van der Waals surface area contributed by atoms with E-state index in [2.05, 4.69) is 4.98 Å². The zero-order valence-corrected chi connectivity index (χ0v) is 13.1. The molecule has 8 nitrogen and oxygen atoms in total. The van der Waals surface area contributed by atoms with E-state index in [1.165, 1.54) is 21.1 Å². The third-order valence-corrected chi connectivity index (χ3v) is 6.26. The van der Waals surface area contributed by atoms with E-state index < -0.39 is 20.0 Å². The lowest BCUT2D eigenvalue weighted by atomic mass is 10.4. The maximum atomic E-state index is 12.4. The summed E-state index contributed by atoms with van der Waals surface area (Å²) in [4.78, 5) is 3.86. The van der Waals surface area contributed by atoms with Gasteiger partial charge in [0.2, 0.25) is 10.0 Å². The molecule has 10 heteroatoms. The average molecular weight is 322 g/mol.